The van der Waals surface area contributed by atoms with Gasteiger partial charge in [0.25, 0.3) is 0 Å². The van der Waals surface area contributed by atoms with Gasteiger partial charge in [-0.1, -0.05) is 36.4 Å². The number of amides is 1. The van der Waals surface area contributed by atoms with Crippen molar-refractivity contribution in [1.29, 1.82) is 0 Å². The van der Waals surface area contributed by atoms with Crippen LogP contribution in [0.5, 0.6) is 0 Å². The number of nitrogens with one attached hydrogen (secondary N) is 1. The van der Waals surface area contributed by atoms with E-state index in [-0.39, 0.29) is 5.91 Å². The Balaban J connectivity index is 1.74. The SMILES string of the molecule is Cc1cc(C)cc(-n2c(C)cc(/C=N\NC(=O)Cc3ccccc3)c2C)c1. The van der Waals surface area contributed by atoms with Crippen LogP contribution in [0.1, 0.15) is 33.6 Å². The van der Waals surface area contributed by atoms with Gasteiger partial charge in [0.1, 0.15) is 0 Å². The Morgan fingerprint density at radius 2 is 1.67 bits per heavy atom. The van der Waals surface area contributed by atoms with Crippen LogP contribution in [0.15, 0.2) is 59.7 Å². The van der Waals surface area contributed by atoms with Crippen LogP contribution in [0.2, 0.25) is 0 Å². The molecule has 138 valence electrons. The highest BCUT2D eigenvalue weighted by atomic mass is 16.2. The lowest BCUT2D eigenvalue weighted by molar-refractivity contribution is -0.120. The molecule has 4 nitrogen and oxygen atoms in total. The highest BCUT2D eigenvalue weighted by Gasteiger charge is 2.10. The normalized spacial score (nSPS) is 11.1. The van der Waals surface area contributed by atoms with E-state index in [1.807, 2.05) is 30.3 Å². The zero-order valence-corrected chi connectivity index (χ0v) is 16.3. The van der Waals surface area contributed by atoms with Crippen molar-refractivity contribution in [2.45, 2.75) is 34.1 Å². The van der Waals surface area contributed by atoms with Crippen molar-refractivity contribution in [3.8, 4) is 5.69 Å². The van der Waals surface area contributed by atoms with Crippen molar-refractivity contribution in [1.82, 2.24) is 9.99 Å². The second kappa shape index (κ2) is 8.04. The van der Waals surface area contributed by atoms with E-state index in [0.29, 0.717) is 6.42 Å². The third-order valence-corrected chi connectivity index (χ3v) is 4.54. The van der Waals surface area contributed by atoms with Crippen LogP contribution in [-0.4, -0.2) is 16.7 Å². The van der Waals surface area contributed by atoms with Gasteiger partial charge in [0.15, 0.2) is 0 Å². The minimum atomic E-state index is -0.124. The van der Waals surface area contributed by atoms with Crippen molar-refractivity contribution >= 4 is 12.1 Å². The molecule has 1 aromatic heterocycles. The number of hydrazone groups is 1. The van der Waals surface area contributed by atoms with Gasteiger partial charge < -0.3 is 4.57 Å². The van der Waals surface area contributed by atoms with Gasteiger partial charge >= 0.3 is 0 Å². The summed E-state index contributed by atoms with van der Waals surface area (Å²) in [4.78, 5) is 12.0. The largest absolute Gasteiger partial charge is 0.318 e. The molecule has 1 amide bonds. The van der Waals surface area contributed by atoms with Gasteiger partial charge in [-0.15, -0.1) is 0 Å². The average Bonchev–Trinajstić information content (AvgIpc) is 2.88. The molecule has 0 unspecified atom stereocenters. The van der Waals surface area contributed by atoms with Crippen molar-refractivity contribution in [3.05, 3.63) is 88.2 Å². The first-order valence-electron chi connectivity index (χ1n) is 9.07. The van der Waals surface area contributed by atoms with Gasteiger partial charge in [-0.05, 0) is 62.6 Å². The molecule has 1 heterocycles. The molecule has 0 radical (unpaired) electrons. The van der Waals surface area contributed by atoms with Gasteiger partial charge in [0, 0.05) is 22.6 Å². The zero-order valence-electron chi connectivity index (χ0n) is 16.3. The van der Waals surface area contributed by atoms with Crippen LogP contribution in [0.25, 0.3) is 5.69 Å². The minimum Gasteiger partial charge on any atom is -0.318 e. The maximum Gasteiger partial charge on any atom is 0.244 e. The molecule has 4 heteroatoms. The van der Waals surface area contributed by atoms with Gasteiger partial charge in [-0.25, -0.2) is 5.43 Å². The number of carbonyl (C=O) groups excluding carboxylic acids is 1. The molecule has 0 aliphatic carbocycles. The fraction of sp³-hybridized carbons (Fsp3) is 0.217. The summed E-state index contributed by atoms with van der Waals surface area (Å²) in [6, 6.07) is 18.3. The third-order valence-electron chi connectivity index (χ3n) is 4.54. The first-order chi connectivity index (χ1) is 12.9. The van der Waals surface area contributed by atoms with Crippen molar-refractivity contribution in [2.75, 3.05) is 0 Å². The molecule has 2 aromatic carbocycles. The standard InChI is InChI=1S/C23H25N3O/c1-16-10-17(2)12-22(11-16)26-18(3)13-21(19(26)4)15-24-25-23(27)14-20-8-6-5-7-9-20/h5-13,15H,14H2,1-4H3,(H,25,27)/b24-15-. The van der Waals surface area contributed by atoms with Crippen molar-refractivity contribution < 1.29 is 4.79 Å². The number of nitrogens with zero attached hydrogens (tertiary/aromatic N) is 2. The second-order valence-electron chi connectivity index (χ2n) is 6.96. The van der Waals surface area contributed by atoms with E-state index in [1.165, 1.54) is 11.1 Å². The number of aryl methyl sites for hydroxylation is 3. The van der Waals surface area contributed by atoms with E-state index < -0.39 is 0 Å². The number of aromatic nitrogens is 1. The molecular weight excluding hydrogens is 334 g/mol. The summed E-state index contributed by atoms with van der Waals surface area (Å²) >= 11 is 0. The Bertz CT molecular complexity index is 964. The molecule has 3 rings (SSSR count). The smallest absolute Gasteiger partial charge is 0.244 e. The lowest BCUT2D eigenvalue weighted by Gasteiger charge is -2.11. The molecule has 0 saturated heterocycles. The van der Waals surface area contributed by atoms with Gasteiger partial charge in [-0.3, -0.25) is 4.79 Å². The third kappa shape index (κ3) is 4.53. The topological polar surface area (TPSA) is 46.4 Å². The molecule has 0 fully saturated rings. The molecule has 0 saturated carbocycles. The van der Waals surface area contributed by atoms with Gasteiger partial charge in [0.05, 0.1) is 12.6 Å². The fourth-order valence-electron chi connectivity index (χ4n) is 3.39. The second-order valence-corrected chi connectivity index (χ2v) is 6.96. The maximum atomic E-state index is 12.0. The van der Waals surface area contributed by atoms with E-state index in [0.717, 1.165) is 28.2 Å². The van der Waals surface area contributed by atoms with Gasteiger partial charge in [0.2, 0.25) is 5.91 Å². The summed E-state index contributed by atoms with van der Waals surface area (Å²) in [5.74, 6) is -0.124. The van der Waals surface area contributed by atoms with Crippen LogP contribution >= 0.6 is 0 Å². The highest BCUT2D eigenvalue weighted by molar-refractivity contribution is 5.84. The van der Waals surface area contributed by atoms with Crippen molar-refractivity contribution in [2.24, 2.45) is 5.10 Å². The van der Waals surface area contributed by atoms with E-state index in [4.69, 9.17) is 0 Å². The monoisotopic (exact) mass is 359 g/mol. The van der Waals surface area contributed by atoms with E-state index in [2.05, 4.69) is 67.1 Å². The number of carbonyl (C=O) groups is 1. The summed E-state index contributed by atoms with van der Waals surface area (Å²) < 4.78 is 2.22. The first-order valence-corrected chi connectivity index (χ1v) is 9.07. The predicted molar refractivity (Wildman–Crippen MR) is 111 cm³/mol. The number of hydrogen-bond donors (Lipinski definition) is 1. The number of benzene rings is 2. The molecule has 0 aliphatic heterocycles. The molecule has 0 bridgehead atoms. The molecule has 1 N–H and O–H groups in total. The van der Waals surface area contributed by atoms with Crippen molar-refractivity contribution in [3.63, 3.8) is 0 Å². The quantitative estimate of drug-likeness (QED) is 0.532. The lowest BCUT2D eigenvalue weighted by Crippen LogP contribution is -2.19. The van der Waals surface area contributed by atoms with Crippen LogP contribution in [0, 0.1) is 27.7 Å². The van der Waals surface area contributed by atoms with Crippen LogP contribution in [0.4, 0.5) is 0 Å². The predicted octanol–water partition coefficient (Wildman–Crippen LogP) is 4.40. The van der Waals surface area contributed by atoms with Crippen LogP contribution in [0.3, 0.4) is 0 Å². The summed E-state index contributed by atoms with van der Waals surface area (Å²) in [7, 11) is 0. The Labute approximate surface area is 160 Å². The summed E-state index contributed by atoms with van der Waals surface area (Å²) in [5.41, 5.74) is 10.4. The van der Waals surface area contributed by atoms with Crippen LogP contribution < -0.4 is 5.43 Å². The molecule has 27 heavy (non-hydrogen) atoms. The van der Waals surface area contributed by atoms with E-state index >= 15 is 0 Å². The summed E-state index contributed by atoms with van der Waals surface area (Å²) in [5, 5.41) is 4.14. The molecule has 0 spiro atoms. The Kier molecular flexibility index (Phi) is 5.55. The Hall–Kier alpha value is -3.14. The first kappa shape index (κ1) is 18.6. The number of rotatable bonds is 5. The Morgan fingerprint density at radius 1 is 1.00 bits per heavy atom. The Morgan fingerprint density at radius 3 is 2.33 bits per heavy atom. The summed E-state index contributed by atoms with van der Waals surface area (Å²) in [6.45, 7) is 8.36. The molecule has 0 atom stereocenters. The maximum absolute atomic E-state index is 12.0. The van der Waals surface area contributed by atoms with E-state index in [1.54, 1.807) is 6.21 Å². The summed E-state index contributed by atoms with van der Waals surface area (Å²) in [6.07, 6.45) is 2.03. The fourth-order valence-corrected chi connectivity index (χ4v) is 3.39. The van der Waals surface area contributed by atoms with Crippen LogP contribution in [-0.2, 0) is 11.2 Å². The molecule has 0 aliphatic rings. The minimum absolute atomic E-state index is 0.124. The molecular formula is C23H25N3O. The van der Waals surface area contributed by atoms with E-state index in [9.17, 15) is 4.79 Å². The number of hydrogen-bond acceptors (Lipinski definition) is 2. The lowest BCUT2D eigenvalue weighted by atomic mass is 10.1. The molecule has 3 aromatic rings. The highest BCUT2D eigenvalue weighted by Crippen LogP contribution is 2.21. The van der Waals surface area contributed by atoms with Gasteiger partial charge in [-0.2, -0.15) is 5.10 Å². The zero-order chi connectivity index (χ0) is 19.4. The average molecular weight is 359 g/mol.